The first-order valence-electron chi connectivity index (χ1n) is 10.7. The molecular formula is C23H19F4N5O4S. The highest BCUT2D eigenvalue weighted by atomic mass is 32.1. The molecule has 2 aromatic heterocycles. The van der Waals surface area contributed by atoms with Crippen molar-refractivity contribution in [3.05, 3.63) is 63.8 Å². The number of amides is 1. The quantitative estimate of drug-likeness (QED) is 0.380. The van der Waals surface area contributed by atoms with E-state index < -0.39 is 45.6 Å². The minimum atomic E-state index is -4.85. The van der Waals surface area contributed by atoms with E-state index in [0.717, 1.165) is 27.5 Å². The van der Waals surface area contributed by atoms with Crippen molar-refractivity contribution in [1.29, 1.82) is 5.26 Å². The minimum Gasteiger partial charge on any atom is -0.475 e. The molecule has 0 radical (unpaired) electrons. The molecule has 3 aromatic rings. The van der Waals surface area contributed by atoms with Crippen molar-refractivity contribution < 1.29 is 32.2 Å². The predicted octanol–water partition coefficient (Wildman–Crippen LogP) is 2.94. The number of rotatable bonds is 5. The number of carbonyl (C=O) groups excluding carboxylic acids is 1. The summed E-state index contributed by atoms with van der Waals surface area (Å²) in [7, 11) is 0. The van der Waals surface area contributed by atoms with E-state index in [1.54, 1.807) is 0 Å². The fraction of sp³-hybridized carbons (Fsp3) is 0.304. The average Bonchev–Trinajstić information content (AvgIpc) is 3.00. The van der Waals surface area contributed by atoms with Gasteiger partial charge in [-0.2, -0.15) is 23.4 Å². The lowest BCUT2D eigenvalue weighted by Gasteiger charge is -2.33. The zero-order valence-electron chi connectivity index (χ0n) is 19.3. The van der Waals surface area contributed by atoms with Crippen molar-refractivity contribution in [2.24, 2.45) is 0 Å². The summed E-state index contributed by atoms with van der Waals surface area (Å²) in [4.78, 5) is 32.3. The van der Waals surface area contributed by atoms with Gasteiger partial charge in [0.25, 0.3) is 11.5 Å². The highest BCUT2D eigenvalue weighted by Crippen LogP contribution is 2.42. The first kappa shape index (κ1) is 26.2. The maximum atomic E-state index is 15.1. The van der Waals surface area contributed by atoms with Crippen molar-refractivity contribution in [2.45, 2.75) is 31.1 Å². The molecule has 14 heteroatoms. The van der Waals surface area contributed by atoms with Gasteiger partial charge in [0, 0.05) is 18.0 Å². The Labute approximate surface area is 212 Å². The fourth-order valence-electron chi connectivity index (χ4n) is 4.11. The van der Waals surface area contributed by atoms with Crippen LogP contribution in [-0.2, 0) is 11.0 Å². The Bertz CT molecular complexity index is 1500. The lowest BCUT2D eigenvalue weighted by atomic mass is 10.0. The predicted molar refractivity (Wildman–Crippen MR) is 127 cm³/mol. The lowest BCUT2D eigenvalue weighted by molar-refractivity contribution is -0.137. The van der Waals surface area contributed by atoms with Crippen molar-refractivity contribution in [2.75, 3.05) is 23.0 Å². The van der Waals surface area contributed by atoms with E-state index in [2.05, 4.69) is 17.6 Å². The molecule has 0 saturated carbocycles. The van der Waals surface area contributed by atoms with Gasteiger partial charge >= 0.3 is 6.18 Å². The molecule has 9 nitrogen and oxygen atoms in total. The number of nitrogens with zero attached hydrogens (tertiary/aromatic N) is 5. The molecule has 1 aliphatic rings. The third-order valence-electron chi connectivity index (χ3n) is 5.81. The van der Waals surface area contributed by atoms with Crippen LogP contribution in [0.1, 0.15) is 25.0 Å². The fourth-order valence-corrected chi connectivity index (χ4v) is 4.77. The van der Waals surface area contributed by atoms with E-state index >= 15 is 4.39 Å². The zero-order chi connectivity index (χ0) is 27.3. The molecule has 0 aliphatic carbocycles. The number of aromatic nitrogens is 2. The van der Waals surface area contributed by atoms with Crippen LogP contribution < -0.4 is 20.1 Å². The number of thiol groups is 1. The second-order valence-electron chi connectivity index (χ2n) is 8.53. The summed E-state index contributed by atoms with van der Waals surface area (Å²) in [6, 6.07) is 6.32. The Morgan fingerprint density at radius 2 is 1.92 bits per heavy atom. The summed E-state index contributed by atoms with van der Waals surface area (Å²) in [6.07, 6.45) is -3.62. The average molecular weight is 537 g/mol. The number of ether oxygens (including phenoxy) is 1. The number of benzene rings is 1. The van der Waals surface area contributed by atoms with E-state index in [0.29, 0.717) is 6.07 Å². The first-order valence-corrected chi connectivity index (χ1v) is 11.2. The topological polar surface area (TPSA) is 111 Å². The van der Waals surface area contributed by atoms with Crippen molar-refractivity contribution in [3.8, 4) is 11.9 Å². The van der Waals surface area contributed by atoms with Crippen molar-refractivity contribution in [3.63, 3.8) is 0 Å². The molecule has 3 heterocycles. The van der Waals surface area contributed by atoms with Crippen molar-refractivity contribution >= 4 is 35.6 Å². The molecule has 0 bridgehead atoms. The van der Waals surface area contributed by atoms with Crippen LogP contribution in [0.15, 0.2) is 41.3 Å². The maximum absolute atomic E-state index is 15.1. The second-order valence-corrected chi connectivity index (χ2v) is 9.00. The van der Waals surface area contributed by atoms with Crippen LogP contribution >= 0.6 is 12.6 Å². The molecule has 1 atom stereocenters. The van der Waals surface area contributed by atoms with Gasteiger partial charge in [-0.25, -0.2) is 4.39 Å². The number of hydrogen-bond donors (Lipinski definition) is 2. The van der Waals surface area contributed by atoms with E-state index in [-0.39, 0.29) is 36.1 Å². The number of fused-ring (bicyclic) bond motifs is 1. The minimum absolute atomic E-state index is 0.0310. The van der Waals surface area contributed by atoms with Gasteiger partial charge in [0.2, 0.25) is 5.88 Å². The lowest BCUT2D eigenvalue weighted by Crippen LogP contribution is -2.45. The van der Waals surface area contributed by atoms with Crippen LogP contribution in [0.2, 0.25) is 0 Å². The Balaban J connectivity index is 1.82. The summed E-state index contributed by atoms with van der Waals surface area (Å²) in [5.74, 6) is -1.78. The van der Waals surface area contributed by atoms with Gasteiger partial charge in [-0.3, -0.25) is 18.9 Å². The van der Waals surface area contributed by atoms with E-state index in [1.807, 2.05) is 0 Å². The zero-order valence-corrected chi connectivity index (χ0v) is 20.2. The summed E-state index contributed by atoms with van der Waals surface area (Å²) >= 11 is 4.46. The normalized spacial score (nSPS) is 17.4. The molecule has 194 valence electrons. The van der Waals surface area contributed by atoms with Crippen LogP contribution in [0.3, 0.4) is 0 Å². The summed E-state index contributed by atoms with van der Waals surface area (Å²) in [5, 5.41) is 17.9. The SMILES string of the molecule is CC1(C)C(=O)N(c2ccc(C#N)c(C(F)(F)F)c2)C(S)N1c1cc(F)c2nc(OCCO)cc(=O)n2c1. The van der Waals surface area contributed by atoms with Crippen LogP contribution in [0.25, 0.3) is 5.65 Å². The van der Waals surface area contributed by atoms with Gasteiger partial charge in [-0.1, -0.05) is 0 Å². The summed E-state index contributed by atoms with van der Waals surface area (Å²) < 4.78 is 61.7. The Morgan fingerprint density at radius 1 is 1.22 bits per heavy atom. The molecule has 1 aliphatic heterocycles. The Morgan fingerprint density at radius 3 is 2.54 bits per heavy atom. The molecule has 1 unspecified atom stereocenters. The molecule has 1 N–H and O–H groups in total. The first-order chi connectivity index (χ1) is 17.3. The number of anilines is 2. The number of alkyl halides is 3. The van der Waals surface area contributed by atoms with Gasteiger partial charge in [-0.05, 0) is 32.0 Å². The molecule has 0 spiro atoms. The third-order valence-corrected chi connectivity index (χ3v) is 6.27. The van der Waals surface area contributed by atoms with Gasteiger partial charge in [-0.15, -0.1) is 12.6 Å². The third kappa shape index (κ3) is 4.44. The molecule has 1 saturated heterocycles. The van der Waals surface area contributed by atoms with Gasteiger partial charge in [0.1, 0.15) is 12.1 Å². The molecule has 4 rings (SSSR count). The van der Waals surface area contributed by atoms with E-state index in [9.17, 15) is 22.8 Å². The Hall–Kier alpha value is -3.83. The van der Waals surface area contributed by atoms with Gasteiger partial charge in [0.15, 0.2) is 17.0 Å². The monoisotopic (exact) mass is 537 g/mol. The van der Waals surface area contributed by atoms with Crippen LogP contribution in [0.4, 0.5) is 28.9 Å². The summed E-state index contributed by atoms with van der Waals surface area (Å²) in [6.45, 7) is 2.45. The van der Waals surface area contributed by atoms with Crippen LogP contribution in [0, 0.1) is 17.1 Å². The summed E-state index contributed by atoms with van der Waals surface area (Å²) in [5.41, 5.74) is -5.69. The van der Waals surface area contributed by atoms with Crippen molar-refractivity contribution in [1.82, 2.24) is 9.38 Å². The second kappa shape index (κ2) is 9.24. The smallest absolute Gasteiger partial charge is 0.417 e. The van der Waals surface area contributed by atoms with E-state index in [4.69, 9.17) is 15.1 Å². The van der Waals surface area contributed by atoms with Crippen LogP contribution in [0.5, 0.6) is 5.88 Å². The van der Waals surface area contributed by atoms with Crippen LogP contribution in [-0.4, -0.2) is 44.6 Å². The number of halogens is 4. The molecular weight excluding hydrogens is 518 g/mol. The largest absolute Gasteiger partial charge is 0.475 e. The van der Waals surface area contributed by atoms with E-state index in [1.165, 1.54) is 37.1 Å². The number of carbonyl (C=O) groups is 1. The Kier molecular flexibility index (Phi) is 6.55. The molecule has 1 fully saturated rings. The highest BCUT2D eigenvalue weighted by Gasteiger charge is 2.52. The number of aliphatic hydroxyl groups excluding tert-OH is 1. The van der Waals surface area contributed by atoms with Gasteiger partial charge < -0.3 is 14.7 Å². The maximum Gasteiger partial charge on any atom is 0.417 e. The highest BCUT2D eigenvalue weighted by molar-refractivity contribution is 7.81. The number of nitriles is 1. The van der Waals surface area contributed by atoms with Gasteiger partial charge in [0.05, 0.1) is 35.6 Å². The molecule has 1 amide bonds. The molecule has 1 aromatic carbocycles. The number of hydrogen-bond acceptors (Lipinski definition) is 8. The number of aliphatic hydroxyl groups is 1. The molecule has 37 heavy (non-hydrogen) atoms. The standard InChI is InChI=1S/C23H19F4N5O4S/c1-22(2)20(35)31(13-4-3-12(10-28)15(7-13)23(25,26)27)21(37)32(22)14-8-16(24)19-29-17(36-6-5-33)9-18(34)30(19)11-14/h3-4,7-9,11,21,33,37H,5-6H2,1-2H3. The number of pyridine rings is 1.